The van der Waals surface area contributed by atoms with Gasteiger partial charge < -0.3 is 15.3 Å². The van der Waals surface area contributed by atoms with Crippen LogP contribution >= 0.6 is 0 Å². The zero-order chi connectivity index (χ0) is 10.1. The molecule has 0 unspecified atom stereocenters. The van der Waals surface area contributed by atoms with Crippen LogP contribution in [0, 0.1) is 0 Å². The summed E-state index contributed by atoms with van der Waals surface area (Å²) >= 11 is 0. The first-order chi connectivity index (χ1) is 6.18. The highest BCUT2D eigenvalue weighted by atomic mass is 16.2. The standard InChI is InChI=1S/C9H20N2O2/c1-11(2)9(13)8-10-6-4-3-5-7-12/h10,12H,3-8H2,1-2H3. The van der Waals surface area contributed by atoms with Gasteiger partial charge in [0.15, 0.2) is 0 Å². The zero-order valence-electron chi connectivity index (χ0n) is 8.55. The topological polar surface area (TPSA) is 52.6 Å². The predicted octanol–water partition coefficient (Wildman–Crippen LogP) is -0.173. The van der Waals surface area contributed by atoms with Crippen LogP contribution in [-0.2, 0) is 4.79 Å². The van der Waals surface area contributed by atoms with Crippen LogP contribution in [0.1, 0.15) is 19.3 Å². The molecule has 0 radical (unpaired) electrons. The molecular formula is C9H20N2O2. The number of amides is 1. The van der Waals surface area contributed by atoms with Crippen molar-refractivity contribution in [1.29, 1.82) is 0 Å². The molecule has 0 spiro atoms. The second-order valence-corrected chi connectivity index (χ2v) is 3.25. The Morgan fingerprint density at radius 1 is 1.31 bits per heavy atom. The number of unbranched alkanes of at least 4 members (excludes halogenated alkanes) is 2. The molecule has 0 aromatic rings. The molecule has 0 atom stereocenters. The number of nitrogens with one attached hydrogen (secondary N) is 1. The molecule has 0 fully saturated rings. The monoisotopic (exact) mass is 188 g/mol. The van der Waals surface area contributed by atoms with Crippen molar-refractivity contribution in [2.75, 3.05) is 33.8 Å². The Morgan fingerprint density at radius 2 is 2.00 bits per heavy atom. The van der Waals surface area contributed by atoms with E-state index in [2.05, 4.69) is 5.32 Å². The van der Waals surface area contributed by atoms with E-state index in [9.17, 15) is 4.79 Å². The first-order valence-corrected chi connectivity index (χ1v) is 4.70. The minimum absolute atomic E-state index is 0.0992. The summed E-state index contributed by atoms with van der Waals surface area (Å²) in [6, 6.07) is 0. The molecule has 78 valence electrons. The van der Waals surface area contributed by atoms with E-state index in [1.807, 2.05) is 0 Å². The number of hydrogen-bond donors (Lipinski definition) is 2. The van der Waals surface area contributed by atoms with Crippen molar-refractivity contribution in [1.82, 2.24) is 10.2 Å². The quantitative estimate of drug-likeness (QED) is 0.545. The second-order valence-electron chi connectivity index (χ2n) is 3.25. The van der Waals surface area contributed by atoms with Gasteiger partial charge in [-0.1, -0.05) is 0 Å². The van der Waals surface area contributed by atoms with Crippen molar-refractivity contribution in [2.45, 2.75) is 19.3 Å². The van der Waals surface area contributed by atoms with Crippen molar-refractivity contribution in [2.24, 2.45) is 0 Å². The molecule has 4 nitrogen and oxygen atoms in total. The van der Waals surface area contributed by atoms with Gasteiger partial charge in [0.05, 0.1) is 6.54 Å². The van der Waals surface area contributed by atoms with Gasteiger partial charge in [0.25, 0.3) is 0 Å². The molecule has 4 heteroatoms. The van der Waals surface area contributed by atoms with Gasteiger partial charge >= 0.3 is 0 Å². The first kappa shape index (κ1) is 12.4. The van der Waals surface area contributed by atoms with Crippen molar-refractivity contribution in [3.05, 3.63) is 0 Å². The lowest BCUT2D eigenvalue weighted by Crippen LogP contribution is -2.33. The number of rotatable bonds is 7. The third-order valence-corrected chi connectivity index (χ3v) is 1.79. The Morgan fingerprint density at radius 3 is 2.54 bits per heavy atom. The van der Waals surface area contributed by atoms with Gasteiger partial charge in [0, 0.05) is 20.7 Å². The van der Waals surface area contributed by atoms with Crippen molar-refractivity contribution in [3.63, 3.8) is 0 Å². The molecule has 1 amide bonds. The Bertz CT molecular complexity index is 138. The van der Waals surface area contributed by atoms with Gasteiger partial charge in [-0.25, -0.2) is 0 Å². The third-order valence-electron chi connectivity index (χ3n) is 1.79. The molecule has 0 rings (SSSR count). The molecule has 13 heavy (non-hydrogen) atoms. The summed E-state index contributed by atoms with van der Waals surface area (Å²) in [7, 11) is 3.49. The summed E-state index contributed by atoms with van der Waals surface area (Å²) < 4.78 is 0. The number of aliphatic hydroxyl groups excluding tert-OH is 1. The largest absolute Gasteiger partial charge is 0.396 e. The predicted molar refractivity (Wildman–Crippen MR) is 52.5 cm³/mol. The molecular weight excluding hydrogens is 168 g/mol. The third kappa shape index (κ3) is 7.74. The van der Waals surface area contributed by atoms with Crippen molar-refractivity contribution < 1.29 is 9.90 Å². The van der Waals surface area contributed by atoms with Crippen LogP contribution in [0.15, 0.2) is 0 Å². The Kier molecular flexibility index (Phi) is 7.63. The maximum atomic E-state index is 11.1. The Labute approximate surface area is 79.9 Å². The molecule has 0 aliphatic heterocycles. The van der Waals surface area contributed by atoms with Gasteiger partial charge in [-0.2, -0.15) is 0 Å². The Hall–Kier alpha value is -0.610. The Balaban J connectivity index is 3.12. The van der Waals surface area contributed by atoms with Crippen LogP contribution in [0.2, 0.25) is 0 Å². The number of likely N-dealkylation sites (N-methyl/N-ethyl adjacent to an activating group) is 1. The molecule has 0 saturated carbocycles. The van der Waals surface area contributed by atoms with E-state index in [4.69, 9.17) is 5.11 Å². The lowest BCUT2D eigenvalue weighted by Gasteiger charge is -2.10. The normalized spacial score (nSPS) is 10.1. The first-order valence-electron chi connectivity index (χ1n) is 4.70. The summed E-state index contributed by atoms with van der Waals surface area (Å²) in [5.74, 6) is 0.0992. The fraction of sp³-hybridized carbons (Fsp3) is 0.889. The van der Waals surface area contributed by atoms with E-state index in [1.165, 1.54) is 0 Å². The van der Waals surface area contributed by atoms with Crippen LogP contribution in [0.5, 0.6) is 0 Å². The minimum Gasteiger partial charge on any atom is -0.396 e. The molecule has 0 aromatic heterocycles. The van der Waals surface area contributed by atoms with Crippen LogP contribution < -0.4 is 5.32 Å². The average Bonchev–Trinajstić information content (AvgIpc) is 2.10. The molecule has 2 N–H and O–H groups in total. The minimum atomic E-state index is 0.0992. The van der Waals surface area contributed by atoms with Gasteiger partial charge in [-0.05, 0) is 25.8 Å². The zero-order valence-corrected chi connectivity index (χ0v) is 8.55. The van der Waals surface area contributed by atoms with Crippen molar-refractivity contribution >= 4 is 5.91 Å². The summed E-state index contributed by atoms with van der Waals surface area (Å²) in [5.41, 5.74) is 0. The fourth-order valence-electron chi connectivity index (χ4n) is 0.892. The van der Waals surface area contributed by atoms with Gasteiger partial charge in [-0.15, -0.1) is 0 Å². The summed E-state index contributed by atoms with van der Waals surface area (Å²) in [5, 5.41) is 11.6. The molecule has 0 aliphatic rings. The van der Waals surface area contributed by atoms with E-state index in [0.29, 0.717) is 6.54 Å². The highest BCUT2D eigenvalue weighted by Crippen LogP contribution is 1.91. The second kappa shape index (κ2) is 8.01. The van der Waals surface area contributed by atoms with Gasteiger partial charge in [0.2, 0.25) is 5.91 Å². The SMILES string of the molecule is CN(C)C(=O)CNCCCCCO. The molecule has 0 bridgehead atoms. The number of aliphatic hydroxyl groups is 1. The lowest BCUT2D eigenvalue weighted by atomic mass is 10.2. The molecule has 0 saturated heterocycles. The highest BCUT2D eigenvalue weighted by Gasteiger charge is 2.01. The van der Waals surface area contributed by atoms with Crippen LogP contribution in [0.25, 0.3) is 0 Å². The molecule has 0 aliphatic carbocycles. The van der Waals surface area contributed by atoms with Gasteiger partial charge in [0.1, 0.15) is 0 Å². The summed E-state index contributed by atoms with van der Waals surface area (Å²) in [6.07, 6.45) is 2.88. The number of carbonyl (C=O) groups excluding carboxylic acids is 1. The highest BCUT2D eigenvalue weighted by molar-refractivity contribution is 5.77. The fourth-order valence-corrected chi connectivity index (χ4v) is 0.892. The van der Waals surface area contributed by atoms with E-state index in [1.54, 1.807) is 19.0 Å². The number of hydrogen-bond acceptors (Lipinski definition) is 3. The van der Waals surface area contributed by atoms with Crippen LogP contribution in [-0.4, -0.2) is 49.7 Å². The van der Waals surface area contributed by atoms with Gasteiger partial charge in [-0.3, -0.25) is 4.79 Å². The van der Waals surface area contributed by atoms with Crippen LogP contribution in [0.4, 0.5) is 0 Å². The maximum absolute atomic E-state index is 11.1. The van der Waals surface area contributed by atoms with Crippen molar-refractivity contribution in [3.8, 4) is 0 Å². The van der Waals surface area contributed by atoms with Crippen LogP contribution in [0.3, 0.4) is 0 Å². The molecule has 0 aromatic carbocycles. The van der Waals surface area contributed by atoms with E-state index >= 15 is 0 Å². The van der Waals surface area contributed by atoms with E-state index in [0.717, 1.165) is 25.8 Å². The van der Waals surface area contributed by atoms with E-state index < -0.39 is 0 Å². The smallest absolute Gasteiger partial charge is 0.236 e. The average molecular weight is 188 g/mol. The summed E-state index contributed by atoms with van der Waals surface area (Å²) in [6.45, 7) is 1.52. The summed E-state index contributed by atoms with van der Waals surface area (Å²) in [4.78, 5) is 12.6. The molecule has 0 heterocycles. The maximum Gasteiger partial charge on any atom is 0.236 e. The van der Waals surface area contributed by atoms with E-state index in [-0.39, 0.29) is 12.5 Å². The number of nitrogens with zero attached hydrogens (tertiary/aromatic N) is 1. The number of carbonyl (C=O) groups is 1. The lowest BCUT2D eigenvalue weighted by molar-refractivity contribution is -0.127.